The van der Waals surface area contributed by atoms with E-state index in [9.17, 15) is 0 Å². The van der Waals surface area contributed by atoms with Gasteiger partial charge in [0.2, 0.25) is 0 Å². The maximum Gasteiger partial charge on any atom is 0.0540 e. The molecule has 2 aliphatic heterocycles. The summed E-state index contributed by atoms with van der Waals surface area (Å²) in [4.78, 5) is 10.2. The molecular formula is C79H94N4. The van der Waals surface area contributed by atoms with E-state index in [1.165, 1.54) is 167 Å². The number of nitrogens with zero attached hydrogens (tertiary/aromatic N) is 4. The average Bonchev–Trinajstić information content (AvgIpc) is 1.88. The molecule has 83 heavy (non-hydrogen) atoms. The summed E-state index contributed by atoms with van der Waals surface area (Å²) >= 11 is 0. The number of fused-ring (bicyclic) bond motifs is 5. The number of benzene rings is 8. The average molecular weight is 1100 g/mol. The van der Waals surface area contributed by atoms with Gasteiger partial charge in [-0.05, 0) is 211 Å². The molecule has 4 nitrogen and oxygen atoms in total. The van der Waals surface area contributed by atoms with Crippen molar-refractivity contribution in [2.75, 3.05) is 23.9 Å². The van der Waals surface area contributed by atoms with Crippen molar-refractivity contribution in [1.82, 2.24) is 9.80 Å². The van der Waals surface area contributed by atoms with Crippen LogP contribution in [0.4, 0.5) is 34.1 Å². The van der Waals surface area contributed by atoms with Gasteiger partial charge < -0.3 is 9.80 Å². The zero-order valence-electron chi connectivity index (χ0n) is 52.5. The first-order valence-electron chi connectivity index (χ1n) is 31.9. The molecule has 0 radical (unpaired) electrons. The van der Waals surface area contributed by atoms with E-state index >= 15 is 0 Å². The Morgan fingerprint density at radius 1 is 0.301 bits per heavy atom. The van der Waals surface area contributed by atoms with Crippen LogP contribution in [0.15, 0.2) is 182 Å². The summed E-state index contributed by atoms with van der Waals surface area (Å²) in [6.45, 7) is 23.7. The third-order valence-electron chi connectivity index (χ3n) is 20.7. The van der Waals surface area contributed by atoms with Crippen molar-refractivity contribution >= 4 is 34.1 Å². The third-order valence-corrected chi connectivity index (χ3v) is 20.7. The van der Waals surface area contributed by atoms with Gasteiger partial charge in [-0.25, -0.2) is 0 Å². The molecule has 3 aliphatic rings. The van der Waals surface area contributed by atoms with E-state index in [0.717, 1.165) is 24.2 Å². The fraction of sp³-hybridized carbons (Fsp3) is 0.392. The highest BCUT2D eigenvalue weighted by Crippen LogP contribution is 2.59. The Morgan fingerprint density at radius 3 is 1.05 bits per heavy atom. The maximum absolute atomic E-state index is 2.65. The van der Waals surface area contributed by atoms with Crippen LogP contribution in [0.1, 0.15) is 193 Å². The highest BCUT2D eigenvalue weighted by Gasteiger charge is 2.49. The summed E-state index contributed by atoms with van der Waals surface area (Å²) in [5.41, 5.74) is 23.0. The van der Waals surface area contributed by atoms with Gasteiger partial charge in [0.05, 0.1) is 11.4 Å². The molecule has 8 aromatic carbocycles. The molecule has 0 bridgehead atoms. The van der Waals surface area contributed by atoms with Gasteiger partial charge in [-0.3, -0.25) is 9.80 Å². The van der Waals surface area contributed by atoms with Crippen LogP contribution < -0.4 is 9.80 Å². The van der Waals surface area contributed by atoms with Crippen LogP contribution in [0, 0.1) is 0 Å². The van der Waals surface area contributed by atoms with Gasteiger partial charge in [-0.15, -0.1) is 0 Å². The number of rotatable bonds is 22. The monoisotopic (exact) mass is 1100 g/mol. The van der Waals surface area contributed by atoms with Gasteiger partial charge in [-0.2, -0.15) is 0 Å². The van der Waals surface area contributed by atoms with Crippen molar-refractivity contribution in [2.45, 2.75) is 187 Å². The molecule has 2 heterocycles. The Hall–Kier alpha value is -6.72. The molecular weight excluding hydrogens is 1000 g/mol. The Balaban J connectivity index is 1.08. The largest absolute Gasteiger partial charge is 0.310 e. The van der Waals surface area contributed by atoms with Gasteiger partial charge in [0.1, 0.15) is 0 Å². The maximum atomic E-state index is 2.65. The zero-order chi connectivity index (χ0) is 58.3. The van der Waals surface area contributed by atoms with Crippen molar-refractivity contribution in [3.05, 3.63) is 215 Å². The second-order valence-corrected chi connectivity index (χ2v) is 26.8. The van der Waals surface area contributed by atoms with Crippen LogP contribution in [-0.4, -0.2) is 23.9 Å². The number of hydrogen-bond acceptors (Lipinski definition) is 4. The Morgan fingerprint density at radius 2 is 0.651 bits per heavy atom. The molecule has 0 N–H and O–H groups in total. The van der Waals surface area contributed by atoms with Crippen molar-refractivity contribution in [1.29, 1.82) is 0 Å². The standard InChI is InChI=1S/C79H94N4/c1-13-15-17-19-21-33-51-79(52-34-22-20-18-16-14-2)69-55-61(82(59-35-25-23-26-36-59)73-41-31-29-39-63(73)57-43-49-67-71(53-57)77(7,8)80(11)75(67,3)4)45-47-65(69)66-48-46-62(56-70(66)79)83(60-37-27-24-28-38-60)74-42-32-30-40-64(74)58-44-50-68-72(54-58)78(9,10)81(12)76(68,5)6/h23-32,35-50,53-56H,13-22,33-34,51-52H2,1-12H3. The quantitative estimate of drug-likeness (QED) is 0.0627. The molecule has 0 saturated carbocycles. The lowest BCUT2D eigenvalue weighted by Gasteiger charge is -2.37. The summed E-state index contributed by atoms with van der Waals surface area (Å²) in [5, 5.41) is 0. The van der Waals surface area contributed by atoms with E-state index in [4.69, 9.17) is 0 Å². The molecule has 0 atom stereocenters. The van der Waals surface area contributed by atoms with E-state index in [0.29, 0.717) is 0 Å². The summed E-state index contributed by atoms with van der Waals surface area (Å²) in [6, 6.07) is 70.3. The first-order valence-corrected chi connectivity index (χ1v) is 31.9. The number of anilines is 6. The Bertz CT molecular complexity index is 3330. The lowest BCUT2D eigenvalue weighted by Crippen LogP contribution is -2.42. The van der Waals surface area contributed by atoms with E-state index in [1.807, 2.05) is 0 Å². The normalized spacial score (nSPS) is 16.8. The zero-order valence-corrected chi connectivity index (χ0v) is 52.5. The fourth-order valence-corrected chi connectivity index (χ4v) is 15.3. The molecule has 0 saturated heterocycles. The fourth-order valence-electron chi connectivity index (χ4n) is 15.3. The Kier molecular flexibility index (Phi) is 16.4. The number of hydrogen-bond donors (Lipinski definition) is 0. The van der Waals surface area contributed by atoms with Crippen molar-refractivity contribution < 1.29 is 0 Å². The van der Waals surface area contributed by atoms with Gasteiger partial charge in [0.25, 0.3) is 0 Å². The molecule has 0 aromatic heterocycles. The Labute approximate surface area is 500 Å². The topological polar surface area (TPSA) is 13.0 Å². The van der Waals surface area contributed by atoms with E-state index in [-0.39, 0.29) is 27.6 Å². The second-order valence-electron chi connectivity index (χ2n) is 26.8. The van der Waals surface area contributed by atoms with Crippen LogP contribution in [0.3, 0.4) is 0 Å². The molecule has 0 spiro atoms. The SMILES string of the molecule is CCCCCCCCC1(CCCCCCCC)c2cc(N(c3ccccc3)c3ccccc3-c3ccc4c(c3)C(C)(C)N(C)C4(C)C)ccc2-c2ccc(N(c3ccccc3)c3ccccc3-c3ccc4c(c3)C(C)(C)N(C)C4(C)C)cc21. The highest BCUT2D eigenvalue weighted by molar-refractivity contribution is 5.93. The van der Waals surface area contributed by atoms with E-state index in [2.05, 4.69) is 285 Å². The molecule has 430 valence electrons. The predicted octanol–water partition coefficient (Wildman–Crippen LogP) is 22.6. The first-order chi connectivity index (χ1) is 40.0. The van der Waals surface area contributed by atoms with Crippen LogP contribution in [0.2, 0.25) is 0 Å². The summed E-state index contributed by atoms with van der Waals surface area (Å²) < 4.78 is 0. The smallest absolute Gasteiger partial charge is 0.0540 e. The minimum absolute atomic E-state index is 0.0626. The van der Waals surface area contributed by atoms with Gasteiger partial charge >= 0.3 is 0 Å². The van der Waals surface area contributed by atoms with Gasteiger partial charge in [-0.1, -0.05) is 200 Å². The molecule has 1 aliphatic carbocycles. The summed E-state index contributed by atoms with van der Waals surface area (Å²) in [5.74, 6) is 0. The number of para-hydroxylation sites is 4. The molecule has 0 fully saturated rings. The second kappa shape index (κ2) is 23.4. The van der Waals surface area contributed by atoms with Crippen LogP contribution in [-0.2, 0) is 27.6 Å². The lowest BCUT2D eigenvalue weighted by molar-refractivity contribution is 0.0729. The van der Waals surface area contributed by atoms with Crippen molar-refractivity contribution in [3.8, 4) is 33.4 Å². The highest BCUT2D eigenvalue weighted by atomic mass is 15.3. The molecule has 4 heteroatoms. The lowest BCUT2D eigenvalue weighted by atomic mass is 9.70. The van der Waals surface area contributed by atoms with Gasteiger partial charge in [0.15, 0.2) is 0 Å². The minimum atomic E-state index is -0.190. The summed E-state index contributed by atoms with van der Waals surface area (Å²) in [7, 11) is 4.57. The van der Waals surface area contributed by atoms with Gasteiger partial charge in [0, 0.05) is 61.4 Å². The molecule has 0 amide bonds. The van der Waals surface area contributed by atoms with Crippen LogP contribution >= 0.6 is 0 Å². The van der Waals surface area contributed by atoms with E-state index in [1.54, 1.807) is 0 Å². The summed E-state index contributed by atoms with van der Waals surface area (Å²) in [6.07, 6.45) is 17.5. The van der Waals surface area contributed by atoms with Crippen LogP contribution in [0.25, 0.3) is 33.4 Å². The molecule has 0 unspecified atom stereocenters. The third kappa shape index (κ3) is 10.4. The van der Waals surface area contributed by atoms with Crippen molar-refractivity contribution in [3.63, 3.8) is 0 Å². The molecule has 8 aromatic rings. The predicted molar refractivity (Wildman–Crippen MR) is 357 cm³/mol. The van der Waals surface area contributed by atoms with E-state index < -0.39 is 0 Å². The minimum Gasteiger partial charge on any atom is -0.310 e. The van der Waals surface area contributed by atoms with Crippen molar-refractivity contribution in [2.24, 2.45) is 0 Å². The van der Waals surface area contributed by atoms with Crippen LogP contribution in [0.5, 0.6) is 0 Å². The number of unbranched alkanes of at least 4 members (excludes halogenated alkanes) is 10. The molecule has 11 rings (SSSR count). The first kappa shape index (κ1) is 58.1.